The Labute approximate surface area is 201 Å². The van der Waals surface area contributed by atoms with E-state index in [0.29, 0.717) is 11.6 Å². The lowest BCUT2D eigenvalue weighted by Gasteiger charge is -2.45. The molecule has 1 N–H and O–H groups in total. The lowest BCUT2D eigenvalue weighted by molar-refractivity contribution is -0.122. The Bertz CT molecular complexity index is 1230. The van der Waals surface area contributed by atoms with Crippen molar-refractivity contribution >= 4 is 46.6 Å². The monoisotopic (exact) mass is 461 g/mol. The number of hydrogen-bond donors (Lipinski definition) is 1. The van der Waals surface area contributed by atoms with Crippen molar-refractivity contribution in [1.82, 2.24) is 5.32 Å². The average molecular weight is 462 g/mol. The Hall–Kier alpha value is -2.99. The fraction of sp³-hybridized carbons (Fsp3) is 0.370. The predicted molar refractivity (Wildman–Crippen MR) is 139 cm³/mol. The molecule has 2 aliphatic rings. The van der Waals surface area contributed by atoms with Crippen LogP contribution in [0.1, 0.15) is 60.9 Å². The third kappa shape index (κ3) is 3.86. The van der Waals surface area contributed by atoms with Gasteiger partial charge in [-0.2, -0.15) is 0 Å². The molecule has 1 saturated heterocycles. The van der Waals surface area contributed by atoms with Crippen LogP contribution in [0, 0.1) is 20.8 Å². The van der Waals surface area contributed by atoms with Gasteiger partial charge in [-0.25, -0.2) is 0 Å². The second-order valence-corrected chi connectivity index (χ2v) is 10.3. The Morgan fingerprint density at radius 1 is 1.09 bits per heavy atom. The lowest BCUT2D eigenvalue weighted by atomic mass is 9.79. The first-order valence-electron chi connectivity index (χ1n) is 11.3. The number of thiocarbonyl (C=S) groups is 1. The summed E-state index contributed by atoms with van der Waals surface area (Å²) in [4.78, 5) is 30.1. The predicted octanol–water partition coefficient (Wildman–Crippen LogP) is 5.17. The Kier molecular flexibility index (Phi) is 5.69. The second kappa shape index (κ2) is 8.10. The zero-order valence-corrected chi connectivity index (χ0v) is 21.2. The normalized spacial score (nSPS) is 21.4. The minimum atomic E-state index is -0.463. The molecule has 2 heterocycles. The van der Waals surface area contributed by atoms with Crippen molar-refractivity contribution in [2.75, 3.05) is 16.8 Å². The number of rotatable bonds is 2. The van der Waals surface area contributed by atoms with Crippen LogP contribution in [0.25, 0.3) is 6.08 Å². The van der Waals surface area contributed by atoms with E-state index in [1.165, 1.54) is 16.2 Å². The summed E-state index contributed by atoms with van der Waals surface area (Å²) >= 11 is 5.38. The molecular formula is C27H31N3O2S. The molecule has 0 bridgehead atoms. The number of aryl methyl sites for hydroxylation is 2. The van der Waals surface area contributed by atoms with Gasteiger partial charge in [0.25, 0.3) is 11.8 Å². The third-order valence-corrected chi connectivity index (χ3v) is 7.52. The Morgan fingerprint density at radius 3 is 2.48 bits per heavy atom. The van der Waals surface area contributed by atoms with Crippen molar-refractivity contribution in [3.05, 3.63) is 63.7 Å². The van der Waals surface area contributed by atoms with Gasteiger partial charge in [0, 0.05) is 18.3 Å². The zero-order valence-electron chi connectivity index (χ0n) is 20.4. The maximum absolute atomic E-state index is 13.5. The number of hydrogen-bond acceptors (Lipinski definition) is 4. The van der Waals surface area contributed by atoms with E-state index < -0.39 is 11.8 Å². The van der Waals surface area contributed by atoms with Crippen LogP contribution in [0.3, 0.4) is 0 Å². The first kappa shape index (κ1) is 23.2. The Morgan fingerprint density at radius 2 is 1.79 bits per heavy atom. The number of carbonyl (C=O) groups excluding carboxylic acids is 2. The molecule has 0 spiro atoms. The fourth-order valence-electron chi connectivity index (χ4n) is 4.90. The molecule has 1 fully saturated rings. The van der Waals surface area contributed by atoms with Crippen molar-refractivity contribution < 1.29 is 9.59 Å². The number of nitrogens with one attached hydrogen (secondary N) is 1. The molecule has 2 amide bonds. The van der Waals surface area contributed by atoms with Crippen LogP contribution in [0.4, 0.5) is 11.4 Å². The number of fused-ring (bicyclic) bond motifs is 1. The molecule has 172 valence electrons. The molecule has 1 atom stereocenters. The van der Waals surface area contributed by atoms with Crippen LogP contribution in [-0.4, -0.2) is 29.5 Å². The molecule has 5 nitrogen and oxygen atoms in total. The smallest absolute Gasteiger partial charge is 0.270 e. The number of amides is 2. The van der Waals surface area contributed by atoms with E-state index in [1.807, 2.05) is 39.0 Å². The van der Waals surface area contributed by atoms with Gasteiger partial charge >= 0.3 is 0 Å². The molecule has 2 aromatic carbocycles. The zero-order chi connectivity index (χ0) is 24.2. The molecule has 33 heavy (non-hydrogen) atoms. The van der Waals surface area contributed by atoms with E-state index >= 15 is 0 Å². The summed E-state index contributed by atoms with van der Waals surface area (Å²) in [6.07, 6.45) is 2.74. The lowest BCUT2D eigenvalue weighted by Crippen LogP contribution is -2.54. The highest BCUT2D eigenvalue weighted by Gasteiger charge is 2.37. The summed E-state index contributed by atoms with van der Waals surface area (Å²) in [6, 6.07) is 10.0. The maximum atomic E-state index is 13.5. The van der Waals surface area contributed by atoms with Crippen LogP contribution < -0.4 is 15.1 Å². The number of anilines is 2. The molecular weight excluding hydrogens is 430 g/mol. The van der Waals surface area contributed by atoms with Gasteiger partial charge in [-0.15, -0.1) is 0 Å². The second-order valence-electron chi connectivity index (χ2n) is 9.92. The van der Waals surface area contributed by atoms with Crippen LogP contribution in [-0.2, 0) is 9.59 Å². The summed E-state index contributed by atoms with van der Waals surface area (Å²) in [5, 5.41) is 2.81. The van der Waals surface area contributed by atoms with Gasteiger partial charge in [0.1, 0.15) is 5.57 Å². The van der Waals surface area contributed by atoms with Gasteiger partial charge in [0.15, 0.2) is 5.11 Å². The van der Waals surface area contributed by atoms with E-state index in [4.69, 9.17) is 12.2 Å². The highest BCUT2D eigenvalue weighted by atomic mass is 32.1. The number of benzene rings is 2. The first-order chi connectivity index (χ1) is 15.4. The standard InChI is InChI=1S/C27H31N3O2S/c1-15-9-8-10-22(18(15)4)30-25(32)21(24(31)28-26(30)33)13-19-12-20-17(3)14-27(5,6)29(7)23(20)11-16(19)2/h8-13,17H,14H2,1-7H3,(H,28,31,33)/b21-13+. The molecule has 0 radical (unpaired) electrons. The van der Waals surface area contributed by atoms with Gasteiger partial charge in [-0.1, -0.05) is 19.1 Å². The topological polar surface area (TPSA) is 52.7 Å². The molecule has 2 aliphatic heterocycles. The Balaban J connectivity index is 1.79. The van der Waals surface area contributed by atoms with Gasteiger partial charge in [-0.3, -0.25) is 19.8 Å². The van der Waals surface area contributed by atoms with Gasteiger partial charge in [-0.05, 0) is 111 Å². The molecule has 0 aromatic heterocycles. The SMILES string of the molecule is Cc1cc2c(cc1/C=C1\C(=O)NC(=S)N(c3cccc(C)c3C)C1=O)C(C)CC(C)(C)N2C. The minimum Gasteiger partial charge on any atom is -0.369 e. The number of nitrogens with zero attached hydrogens (tertiary/aromatic N) is 2. The molecule has 0 aliphatic carbocycles. The van der Waals surface area contributed by atoms with Crippen molar-refractivity contribution in [2.24, 2.45) is 0 Å². The van der Waals surface area contributed by atoms with Crippen molar-refractivity contribution in [2.45, 2.75) is 59.4 Å². The van der Waals surface area contributed by atoms with Crippen LogP contribution in [0.5, 0.6) is 0 Å². The fourth-order valence-corrected chi connectivity index (χ4v) is 5.17. The van der Waals surface area contributed by atoms with Gasteiger partial charge in [0.2, 0.25) is 0 Å². The third-order valence-electron chi connectivity index (χ3n) is 7.24. The molecule has 4 rings (SSSR count). The quantitative estimate of drug-likeness (QED) is 0.381. The maximum Gasteiger partial charge on any atom is 0.270 e. The average Bonchev–Trinajstić information content (AvgIpc) is 2.72. The van der Waals surface area contributed by atoms with Crippen LogP contribution in [0.15, 0.2) is 35.9 Å². The van der Waals surface area contributed by atoms with E-state index in [2.05, 4.69) is 50.2 Å². The van der Waals surface area contributed by atoms with Crippen LogP contribution in [0.2, 0.25) is 0 Å². The highest BCUT2D eigenvalue weighted by Crippen LogP contribution is 2.43. The molecule has 6 heteroatoms. The summed E-state index contributed by atoms with van der Waals surface area (Å²) < 4.78 is 0. The summed E-state index contributed by atoms with van der Waals surface area (Å²) in [5.41, 5.74) is 7.19. The van der Waals surface area contributed by atoms with E-state index in [1.54, 1.807) is 6.08 Å². The van der Waals surface area contributed by atoms with E-state index in [9.17, 15) is 9.59 Å². The molecule has 2 aromatic rings. The van der Waals surface area contributed by atoms with Gasteiger partial charge < -0.3 is 4.90 Å². The highest BCUT2D eigenvalue weighted by molar-refractivity contribution is 7.80. The van der Waals surface area contributed by atoms with Crippen molar-refractivity contribution in [1.29, 1.82) is 0 Å². The summed E-state index contributed by atoms with van der Waals surface area (Å²) in [7, 11) is 2.13. The summed E-state index contributed by atoms with van der Waals surface area (Å²) in [5.74, 6) is -0.491. The molecule has 1 unspecified atom stereocenters. The molecule has 0 saturated carbocycles. The van der Waals surface area contributed by atoms with Crippen molar-refractivity contribution in [3.63, 3.8) is 0 Å². The van der Waals surface area contributed by atoms with Crippen LogP contribution >= 0.6 is 12.2 Å². The van der Waals surface area contributed by atoms with E-state index in [-0.39, 0.29) is 16.2 Å². The summed E-state index contributed by atoms with van der Waals surface area (Å²) in [6.45, 7) is 12.7. The first-order valence-corrected chi connectivity index (χ1v) is 11.7. The van der Waals surface area contributed by atoms with Crippen molar-refractivity contribution in [3.8, 4) is 0 Å². The number of carbonyl (C=O) groups is 2. The van der Waals surface area contributed by atoms with Gasteiger partial charge in [0.05, 0.1) is 5.69 Å². The minimum absolute atomic E-state index is 0.0694. The van der Waals surface area contributed by atoms with E-state index in [0.717, 1.165) is 28.7 Å². The largest absolute Gasteiger partial charge is 0.369 e.